The number of carbonyl (C=O) groups excluding carboxylic acids is 1. The van der Waals surface area contributed by atoms with Crippen molar-refractivity contribution >= 4 is 23.1 Å². The van der Waals surface area contributed by atoms with Crippen LogP contribution in [-0.2, 0) is 9.47 Å². The van der Waals surface area contributed by atoms with Gasteiger partial charge in [-0.1, -0.05) is 11.6 Å². The minimum Gasteiger partial charge on any atom is -0.495 e. The van der Waals surface area contributed by atoms with Gasteiger partial charge < -0.3 is 14.8 Å². The molecule has 0 fully saturated rings. The predicted octanol–water partition coefficient (Wildman–Crippen LogP) is 2.72. The third-order valence-electron chi connectivity index (χ3n) is 3.30. The number of hydrogen-bond donors (Lipinski definition) is 1. The van der Waals surface area contributed by atoms with E-state index in [0.29, 0.717) is 16.9 Å². The summed E-state index contributed by atoms with van der Waals surface area (Å²) in [5, 5.41) is 3.10. The second-order valence-corrected chi connectivity index (χ2v) is 5.09. The molecule has 2 rings (SSSR count). The first-order valence-electron chi connectivity index (χ1n) is 6.58. The van der Waals surface area contributed by atoms with Crippen LogP contribution in [0.15, 0.2) is 30.3 Å². The summed E-state index contributed by atoms with van der Waals surface area (Å²) in [6.07, 6.45) is 3.42. The molecule has 0 saturated heterocycles. The van der Waals surface area contributed by atoms with Gasteiger partial charge in [-0.05, 0) is 19.1 Å². The minimum atomic E-state index is -1.12. The van der Waals surface area contributed by atoms with Crippen molar-refractivity contribution in [2.24, 2.45) is 0 Å². The molecular formula is C15H16ClFN2O3. The van der Waals surface area contributed by atoms with Crippen LogP contribution in [0.4, 0.5) is 4.39 Å². The zero-order valence-electron chi connectivity index (χ0n) is 12.4. The number of alkyl halides is 1. The molecule has 0 amide bonds. The second-order valence-electron chi connectivity index (χ2n) is 4.71. The number of hydrogen-bond acceptors (Lipinski definition) is 5. The molecular weight excluding hydrogens is 311 g/mol. The van der Waals surface area contributed by atoms with Gasteiger partial charge in [-0.2, -0.15) is 0 Å². The Bertz CT molecular complexity index is 644. The summed E-state index contributed by atoms with van der Waals surface area (Å²) in [7, 11) is 2.76. The molecule has 0 spiro atoms. The molecule has 1 aromatic heterocycles. The summed E-state index contributed by atoms with van der Waals surface area (Å²) in [5.74, 6) is -0.0942. The lowest BCUT2D eigenvalue weighted by molar-refractivity contribution is 0.0600. The van der Waals surface area contributed by atoms with E-state index in [-0.39, 0.29) is 10.7 Å². The van der Waals surface area contributed by atoms with Crippen LogP contribution < -0.4 is 5.32 Å². The molecule has 2 unspecified atom stereocenters. The quantitative estimate of drug-likeness (QED) is 0.681. The number of dihydropyridines is 1. The fraction of sp³-hybridized carbons (Fsp3) is 0.333. The largest absolute Gasteiger partial charge is 0.495 e. The standard InChI is InChI=1S/C15H16ClFN2O3/c1-8(17)12-4-10(13(21-2)7-18-12)9-5-14(16)19-6-11(9)15(20)22-3/h4-8,12,18H,1-3H3. The van der Waals surface area contributed by atoms with Crippen LogP contribution in [0.5, 0.6) is 0 Å². The fourth-order valence-corrected chi connectivity index (χ4v) is 2.30. The molecule has 0 aliphatic carbocycles. The average molecular weight is 327 g/mol. The molecule has 1 aliphatic heterocycles. The highest BCUT2D eigenvalue weighted by atomic mass is 35.5. The molecule has 7 heteroatoms. The highest BCUT2D eigenvalue weighted by Crippen LogP contribution is 2.31. The summed E-state index contributed by atoms with van der Waals surface area (Å²) >= 11 is 5.93. The molecule has 118 valence electrons. The van der Waals surface area contributed by atoms with Crippen molar-refractivity contribution in [2.45, 2.75) is 19.1 Å². The summed E-state index contributed by atoms with van der Waals surface area (Å²) < 4.78 is 23.6. The first-order valence-corrected chi connectivity index (χ1v) is 6.96. The number of nitrogens with one attached hydrogen (secondary N) is 1. The number of aromatic nitrogens is 1. The van der Waals surface area contributed by atoms with Crippen LogP contribution in [0.1, 0.15) is 22.8 Å². The molecule has 0 bridgehead atoms. The maximum atomic E-state index is 13.6. The third-order valence-corrected chi connectivity index (χ3v) is 3.51. The summed E-state index contributed by atoms with van der Waals surface area (Å²) in [4.78, 5) is 15.8. The van der Waals surface area contributed by atoms with Crippen LogP contribution >= 0.6 is 11.6 Å². The van der Waals surface area contributed by atoms with Gasteiger partial charge in [0.2, 0.25) is 0 Å². The smallest absolute Gasteiger partial charge is 0.340 e. The van der Waals surface area contributed by atoms with Crippen molar-refractivity contribution in [3.63, 3.8) is 0 Å². The Hall–Kier alpha value is -2.08. The number of nitrogens with zero attached hydrogens (tertiary/aromatic N) is 1. The van der Waals surface area contributed by atoms with E-state index in [1.165, 1.54) is 33.4 Å². The van der Waals surface area contributed by atoms with Gasteiger partial charge in [-0.3, -0.25) is 0 Å². The topological polar surface area (TPSA) is 60.5 Å². The molecule has 1 aromatic rings. The van der Waals surface area contributed by atoms with Gasteiger partial charge in [-0.25, -0.2) is 14.2 Å². The maximum absolute atomic E-state index is 13.6. The monoisotopic (exact) mass is 326 g/mol. The number of allylic oxidation sites excluding steroid dienone is 1. The maximum Gasteiger partial charge on any atom is 0.340 e. The molecule has 0 saturated carbocycles. The number of rotatable bonds is 4. The molecule has 0 aromatic carbocycles. The third kappa shape index (κ3) is 3.22. The molecule has 0 radical (unpaired) electrons. The van der Waals surface area contributed by atoms with Gasteiger partial charge in [0.05, 0.1) is 25.8 Å². The van der Waals surface area contributed by atoms with E-state index in [4.69, 9.17) is 21.1 Å². The van der Waals surface area contributed by atoms with E-state index in [1.54, 1.807) is 12.3 Å². The van der Waals surface area contributed by atoms with E-state index in [9.17, 15) is 9.18 Å². The number of carbonyl (C=O) groups is 1. The number of halogens is 2. The molecule has 2 heterocycles. The fourth-order valence-electron chi connectivity index (χ4n) is 2.14. The highest BCUT2D eigenvalue weighted by Gasteiger charge is 2.25. The summed E-state index contributed by atoms with van der Waals surface area (Å²) in [5.41, 5.74) is 1.26. The summed E-state index contributed by atoms with van der Waals surface area (Å²) in [6.45, 7) is 1.44. The van der Waals surface area contributed by atoms with Crippen molar-refractivity contribution in [1.82, 2.24) is 10.3 Å². The van der Waals surface area contributed by atoms with Crippen molar-refractivity contribution in [3.8, 4) is 0 Å². The van der Waals surface area contributed by atoms with E-state index in [2.05, 4.69) is 10.3 Å². The molecule has 1 N–H and O–H groups in total. The predicted molar refractivity (Wildman–Crippen MR) is 81.1 cm³/mol. The number of esters is 1. The zero-order valence-corrected chi connectivity index (χ0v) is 13.1. The van der Waals surface area contributed by atoms with Gasteiger partial charge in [0.15, 0.2) is 0 Å². The Morgan fingerprint density at radius 2 is 2.23 bits per heavy atom. The Morgan fingerprint density at radius 3 is 2.82 bits per heavy atom. The first kappa shape index (κ1) is 16.3. The van der Waals surface area contributed by atoms with E-state index in [1.807, 2.05) is 0 Å². The minimum absolute atomic E-state index is 0.211. The lowest BCUT2D eigenvalue weighted by Crippen LogP contribution is -2.34. The number of methoxy groups -OCH3 is 2. The van der Waals surface area contributed by atoms with Crippen molar-refractivity contribution in [3.05, 3.63) is 46.6 Å². The van der Waals surface area contributed by atoms with Crippen LogP contribution in [0.25, 0.3) is 5.57 Å². The van der Waals surface area contributed by atoms with Crippen LogP contribution in [0.3, 0.4) is 0 Å². The Labute approximate surface area is 132 Å². The van der Waals surface area contributed by atoms with Crippen LogP contribution in [0.2, 0.25) is 5.15 Å². The Balaban J connectivity index is 2.58. The van der Waals surface area contributed by atoms with E-state index in [0.717, 1.165) is 0 Å². The van der Waals surface area contributed by atoms with Crippen molar-refractivity contribution in [1.29, 1.82) is 0 Å². The van der Waals surface area contributed by atoms with Crippen molar-refractivity contribution < 1.29 is 18.7 Å². The molecule has 5 nitrogen and oxygen atoms in total. The van der Waals surface area contributed by atoms with Crippen LogP contribution in [-0.4, -0.2) is 37.4 Å². The number of ether oxygens (including phenoxy) is 2. The van der Waals surface area contributed by atoms with Gasteiger partial charge >= 0.3 is 5.97 Å². The SMILES string of the molecule is COC(=O)c1cnc(Cl)cc1C1=CC(C(C)F)NC=C1OC. The van der Waals surface area contributed by atoms with E-state index >= 15 is 0 Å². The average Bonchev–Trinajstić information content (AvgIpc) is 2.53. The van der Waals surface area contributed by atoms with Gasteiger partial charge in [0, 0.05) is 23.5 Å². The Morgan fingerprint density at radius 1 is 1.50 bits per heavy atom. The van der Waals surface area contributed by atoms with Gasteiger partial charge in [-0.15, -0.1) is 0 Å². The second kappa shape index (κ2) is 6.79. The molecule has 22 heavy (non-hydrogen) atoms. The highest BCUT2D eigenvalue weighted by molar-refractivity contribution is 6.29. The molecule has 1 aliphatic rings. The number of pyridine rings is 1. The normalized spacial score (nSPS) is 18.7. The summed E-state index contributed by atoms with van der Waals surface area (Å²) in [6, 6.07) is 0.990. The lowest BCUT2D eigenvalue weighted by Gasteiger charge is -2.24. The first-order chi connectivity index (χ1) is 10.5. The lowest BCUT2D eigenvalue weighted by atomic mass is 9.95. The zero-order chi connectivity index (χ0) is 16.3. The van der Waals surface area contributed by atoms with Crippen molar-refractivity contribution in [2.75, 3.05) is 14.2 Å². The van der Waals surface area contributed by atoms with E-state index < -0.39 is 18.2 Å². The Kier molecular flexibility index (Phi) is 5.03. The van der Waals surface area contributed by atoms with Gasteiger partial charge in [0.1, 0.15) is 17.1 Å². The van der Waals surface area contributed by atoms with Crippen LogP contribution in [0, 0.1) is 0 Å². The molecule has 2 atom stereocenters. The van der Waals surface area contributed by atoms with Gasteiger partial charge in [0.25, 0.3) is 0 Å².